The van der Waals surface area contributed by atoms with Gasteiger partial charge in [-0.2, -0.15) is 0 Å². The van der Waals surface area contributed by atoms with Crippen LogP contribution in [0, 0.1) is 0 Å². The third kappa shape index (κ3) is 3.82. The molecule has 3 N–H and O–H groups in total. The van der Waals surface area contributed by atoms with E-state index in [1.165, 1.54) is 6.07 Å². The number of halogens is 1. The molecule has 1 aromatic carbocycles. The van der Waals surface area contributed by atoms with Gasteiger partial charge >= 0.3 is 0 Å². The minimum Gasteiger partial charge on any atom is -0.396 e. The van der Waals surface area contributed by atoms with Crippen molar-refractivity contribution in [2.24, 2.45) is 0 Å². The highest BCUT2D eigenvalue weighted by atomic mass is 35.5. The molecule has 0 saturated carbocycles. The Bertz CT molecular complexity index is 593. The van der Waals surface area contributed by atoms with E-state index in [0.717, 1.165) is 4.90 Å². The predicted molar refractivity (Wildman–Crippen MR) is 79.9 cm³/mol. The molecule has 3 amide bonds. The fourth-order valence-corrected chi connectivity index (χ4v) is 2.29. The summed E-state index contributed by atoms with van der Waals surface area (Å²) in [5, 5.41) is 9.06. The van der Waals surface area contributed by atoms with Gasteiger partial charge in [-0.05, 0) is 24.6 Å². The number of rotatable bonds is 6. The van der Waals surface area contributed by atoms with Crippen LogP contribution in [-0.4, -0.2) is 35.5 Å². The van der Waals surface area contributed by atoms with Crippen LogP contribution in [0.5, 0.6) is 0 Å². The number of carbonyl (C=O) groups excluding carboxylic acids is 3. The molecule has 1 fully saturated rings. The molecule has 0 spiro atoms. The molecular weight excluding hydrogens is 310 g/mol. The van der Waals surface area contributed by atoms with E-state index in [1.54, 1.807) is 18.2 Å². The third-order valence-corrected chi connectivity index (χ3v) is 3.40. The van der Waals surface area contributed by atoms with Gasteiger partial charge in [-0.25, -0.2) is 10.3 Å². The number of imide groups is 1. The highest BCUT2D eigenvalue weighted by molar-refractivity contribution is 6.31. The summed E-state index contributed by atoms with van der Waals surface area (Å²) in [4.78, 5) is 36.7. The molecule has 1 aliphatic heterocycles. The zero-order valence-corrected chi connectivity index (χ0v) is 12.5. The van der Waals surface area contributed by atoms with E-state index >= 15 is 0 Å². The van der Waals surface area contributed by atoms with E-state index in [9.17, 15) is 14.4 Å². The first-order valence-electron chi connectivity index (χ1n) is 6.80. The van der Waals surface area contributed by atoms with E-state index in [1.807, 2.05) is 0 Å². The Morgan fingerprint density at radius 3 is 2.86 bits per heavy atom. The predicted octanol–water partition coefficient (Wildman–Crippen LogP) is 0.365. The second kappa shape index (κ2) is 7.35. The lowest BCUT2D eigenvalue weighted by molar-refractivity contribution is -0.123. The number of hydrogen-bond donors (Lipinski definition) is 3. The maximum absolute atomic E-state index is 12.3. The number of nitrogens with zero attached hydrogens (tertiary/aromatic N) is 1. The first-order chi connectivity index (χ1) is 10.5. The summed E-state index contributed by atoms with van der Waals surface area (Å²) in [5.74, 6) is -1.17. The van der Waals surface area contributed by atoms with Crippen molar-refractivity contribution >= 4 is 35.0 Å². The molecule has 0 unspecified atom stereocenters. The van der Waals surface area contributed by atoms with Crippen LogP contribution in [0.1, 0.15) is 19.3 Å². The van der Waals surface area contributed by atoms with Crippen molar-refractivity contribution in [1.82, 2.24) is 10.9 Å². The average molecular weight is 326 g/mol. The van der Waals surface area contributed by atoms with E-state index in [-0.39, 0.29) is 31.3 Å². The van der Waals surface area contributed by atoms with Crippen LogP contribution in [0.4, 0.5) is 5.69 Å². The lowest BCUT2D eigenvalue weighted by Gasteiger charge is -2.16. The largest absolute Gasteiger partial charge is 0.396 e. The Kier molecular flexibility index (Phi) is 5.48. The van der Waals surface area contributed by atoms with Gasteiger partial charge in [0, 0.05) is 18.1 Å². The first kappa shape index (κ1) is 16.4. The maximum Gasteiger partial charge on any atom is 0.253 e. The van der Waals surface area contributed by atoms with Crippen LogP contribution < -0.4 is 15.8 Å². The Labute approximate surface area is 132 Å². The molecule has 1 saturated heterocycles. The molecule has 0 radical (unpaired) electrons. The standard InChI is InChI=1S/C14H16ClN3O4/c15-9-3-1-4-10(7-9)18-13(21)8-11(14(18)22)16-17-12(20)5-2-6-19/h1,3-4,7,11,16,19H,2,5-6,8H2,(H,17,20)/t11-/m0/s1. The van der Waals surface area contributed by atoms with Crippen LogP contribution in [-0.2, 0) is 14.4 Å². The van der Waals surface area contributed by atoms with Crippen LogP contribution >= 0.6 is 11.6 Å². The second-order valence-electron chi connectivity index (χ2n) is 4.82. The Balaban J connectivity index is 1.98. The normalized spacial score (nSPS) is 17.9. The quantitative estimate of drug-likeness (QED) is 0.518. The molecule has 8 heteroatoms. The van der Waals surface area contributed by atoms with Crippen molar-refractivity contribution in [3.8, 4) is 0 Å². The summed E-state index contributed by atoms with van der Waals surface area (Å²) >= 11 is 5.86. The van der Waals surface area contributed by atoms with E-state index in [2.05, 4.69) is 10.9 Å². The number of aliphatic hydroxyl groups is 1. The van der Waals surface area contributed by atoms with Crippen molar-refractivity contribution in [3.05, 3.63) is 29.3 Å². The van der Waals surface area contributed by atoms with Crippen LogP contribution in [0.3, 0.4) is 0 Å². The molecular formula is C14H16ClN3O4. The molecule has 2 rings (SSSR count). The second-order valence-corrected chi connectivity index (χ2v) is 5.26. The fraction of sp³-hybridized carbons (Fsp3) is 0.357. The number of anilines is 1. The van der Waals surface area contributed by atoms with Crippen LogP contribution in [0.25, 0.3) is 0 Å². The highest BCUT2D eigenvalue weighted by Gasteiger charge is 2.39. The molecule has 1 heterocycles. The highest BCUT2D eigenvalue weighted by Crippen LogP contribution is 2.25. The zero-order valence-electron chi connectivity index (χ0n) is 11.7. The smallest absolute Gasteiger partial charge is 0.253 e. The lowest BCUT2D eigenvalue weighted by Crippen LogP contribution is -2.48. The average Bonchev–Trinajstić information content (AvgIpc) is 2.77. The number of hydrazine groups is 1. The Morgan fingerprint density at radius 1 is 1.41 bits per heavy atom. The van der Waals surface area contributed by atoms with Gasteiger partial charge in [-0.1, -0.05) is 17.7 Å². The van der Waals surface area contributed by atoms with Gasteiger partial charge in [0.25, 0.3) is 5.91 Å². The van der Waals surface area contributed by atoms with E-state index < -0.39 is 11.9 Å². The SMILES string of the molecule is O=C(CCCO)NN[C@H]1CC(=O)N(c2cccc(Cl)c2)C1=O. The fourth-order valence-electron chi connectivity index (χ4n) is 2.10. The van der Waals surface area contributed by atoms with Gasteiger partial charge in [-0.15, -0.1) is 0 Å². The summed E-state index contributed by atoms with van der Waals surface area (Å²) < 4.78 is 0. The molecule has 7 nitrogen and oxygen atoms in total. The number of aliphatic hydroxyl groups excluding tert-OH is 1. The zero-order chi connectivity index (χ0) is 16.1. The summed E-state index contributed by atoms with van der Waals surface area (Å²) in [7, 11) is 0. The van der Waals surface area contributed by atoms with Crippen LogP contribution in [0.2, 0.25) is 5.02 Å². The maximum atomic E-state index is 12.3. The number of carbonyl (C=O) groups is 3. The monoisotopic (exact) mass is 325 g/mol. The van der Waals surface area contributed by atoms with Crippen molar-refractivity contribution in [1.29, 1.82) is 0 Å². The van der Waals surface area contributed by atoms with Crippen molar-refractivity contribution in [2.75, 3.05) is 11.5 Å². The van der Waals surface area contributed by atoms with Gasteiger partial charge < -0.3 is 5.11 Å². The number of hydrogen-bond acceptors (Lipinski definition) is 5. The summed E-state index contributed by atoms with van der Waals surface area (Å²) in [6.07, 6.45) is 0.418. The summed E-state index contributed by atoms with van der Waals surface area (Å²) in [6, 6.07) is 5.62. The number of nitrogens with one attached hydrogen (secondary N) is 2. The minimum absolute atomic E-state index is 0.0500. The van der Waals surface area contributed by atoms with Crippen LogP contribution in [0.15, 0.2) is 24.3 Å². The molecule has 0 aliphatic carbocycles. The summed E-state index contributed by atoms with van der Waals surface area (Å²) in [5.41, 5.74) is 5.33. The van der Waals surface area contributed by atoms with E-state index in [0.29, 0.717) is 17.1 Å². The number of amides is 3. The third-order valence-electron chi connectivity index (χ3n) is 3.16. The van der Waals surface area contributed by atoms with Crippen molar-refractivity contribution < 1.29 is 19.5 Å². The molecule has 22 heavy (non-hydrogen) atoms. The first-order valence-corrected chi connectivity index (χ1v) is 7.18. The van der Waals surface area contributed by atoms with Gasteiger partial charge in [0.15, 0.2) is 0 Å². The Morgan fingerprint density at radius 2 is 2.18 bits per heavy atom. The van der Waals surface area contributed by atoms with Gasteiger partial charge in [0.1, 0.15) is 6.04 Å². The Hall–Kier alpha value is -1.96. The molecule has 1 aliphatic rings. The topological polar surface area (TPSA) is 98.7 Å². The molecule has 0 aromatic heterocycles. The van der Waals surface area contributed by atoms with Gasteiger partial charge in [0.2, 0.25) is 11.8 Å². The van der Waals surface area contributed by atoms with Crippen molar-refractivity contribution in [3.63, 3.8) is 0 Å². The minimum atomic E-state index is -0.815. The molecule has 118 valence electrons. The molecule has 1 atom stereocenters. The molecule has 0 bridgehead atoms. The lowest BCUT2D eigenvalue weighted by atomic mass is 10.2. The van der Waals surface area contributed by atoms with E-state index in [4.69, 9.17) is 16.7 Å². The molecule has 1 aromatic rings. The van der Waals surface area contributed by atoms with Crippen molar-refractivity contribution in [2.45, 2.75) is 25.3 Å². The number of benzene rings is 1. The van der Waals surface area contributed by atoms with Gasteiger partial charge in [0.05, 0.1) is 12.1 Å². The summed E-state index contributed by atoms with van der Waals surface area (Å²) in [6.45, 7) is -0.0865. The van der Waals surface area contributed by atoms with Gasteiger partial charge in [-0.3, -0.25) is 19.8 Å².